The van der Waals surface area contributed by atoms with Crippen molar-refractivity contribution in [2.75, 3.05) is 19.8 Å². The molecule has 0 radical (unpaired) electrons. The summed E-state index contributed by atoms with van der Waals surface area (Å²) in [5.41, 5.74) is 3.82. The average molecular weight is 337 g/mol. The molecule has 0 amide bonds. The van der Waals surface area contributed by atoms with E-state index < -0.39 is 0 Å². The van der Waals surface area contributed by atoms with Gasteiger partial charge in [-0.15, -0.1) is 11.3 Å². The third-order valence-electron chi connectivity index (χ3n) is 3.64. The lowest BCUT2D eigenvalue weighted by molar-refractivity contribution is 0.0768. The Labute approximate surface area is 124 Å². The lowest BCUT2D eigenvalue weighted by atomic mass is 10.1. The van der Waals surface area contributed by atoms with E-state index in [9.17, 15) is 0 Å². The fourth-order valence-corrected chi connectivity index (χ4v) is 4.35. The highest BCUT2D eigenvalue weighted by atomic mass is 79.9. The number of thiazole rings is 1. The van der Waals surface area contributed by atoms with Crippen molar-refractivity contribution in [1.82, 2.24) is 10.3 Å². The maximum absolute atomic E-state index is 5.52. The van der Waals surface area contributed by atoms with Crippen molar-refractivity contribution in [2.45, 2.75) is 12.5 Å². The summed E-state index contributed by atoms with van der Waals surface area (Å²) in [6, 6.07) is 6.62. The highest BCUT2D eigenvalue weighted by Gasteiger charge is 2.27. The lowest BCUT2D eigenvalue weighted by Crippen LogP contribution is -2.34. The molecule has 0 saturated carbocycles. The molecule has 2 aliphatic rings. The Morgan fingerprint density at radius 2 is 2.37 bits per heavy atom. The van der Waals surface area contributed by atoms with E-state index in [0.717, 1.165) is 31.2 Å². The van der Waals surface area contributed by atoms with E-state index in [4.69, 9.17) is 9.72 Å². The molecule has 1 unspecified atom stereocenters. The van der Waals surface area contributed by atoms with E-state index in [0.29, 0.717) is 0 Å². The van der Waals surface area contributed by atoms with Crippen LogP contribution in [0.3, 0.4) is 0 Å². The summed E-state index contributed by atoms with van der Waals surface area (Å²) in [7, 11) is 0. The van der Waals surface area contributed by atoms with Crippen LogP contribution in [0.4, 0.5) is 0 Å². The van der Waals surface area contributed by atoms with Gasteiger partial charge in [-0.3, -0.25) is 0 Å². The molecule has 2 heterocycles. The highest BCUT2D eigenvalue weighted by Crippen LogP contribution is 2.43. The Hall–Kier alpha value is -0.750. The van der Waals surface area contributed by atoms with Gasteiger partial charge in [0.1, 0.15) is 5.01 Å². The number of aromatic nitrogens is 1. The van der Waals surface area contributed by atoms with Gasteiger partial charge >= 0.3 is 0 Å². The Morgan fingerprint density at radius 3 is 3.21 bits per heavy atom. The summed E-state index contributed by atoms with van der Waals surface area (Å²) >= 11 is 5.45. The monoisotopic (exact) mass is 336 g/mol. The van der Waals surface area contributed by atoms with Crippen LogP contribution < -0.4 is 5.32 Å². The number of hydrogen-bond acceptors (Lipinski definition) is 4. The number of nitrogens with one attached hydrogen (secondary N) is 1. The summed E-state index contributed by atoms with van der Waals surface area (Å²) < 4.78 is 6.71. The zero-order valence-corrected chi connectivity index (χ0v) is 12.7. The molecule has 0 spiro atoms. The van der Waals surface area contributed by atoms with Gasteiger partial charge < -0.3 is 10.1 Å². The van der Waals surface area contributed by atoms with E-state index in [1.807, 2.05) is 11.3 Å². The Kier molecular flexibility index (Phi) is 2.95. The molecule has 1 N–H and O–H groups in total. The first-order chi connectivity index (χ1) is 9.33. The SMILES string of the molecule is Brc1cccc2c1Cc1sc(C3COCCN3)nc1-2. The van der Waals surface area contributed by atoms with Crippen LogP contribution in [0, 0.1) is 0 Å². The zero-order chi connectivity index (χ0) is 12.8. The van der Waals surface area contributed by atoms with Crippen LogP contribution in [0.5, 0.6) is 0 Å². The Morgan fingerprint density at radius 1 is 1.42 bits per heavy atom. The molecule has 4 rings (SSSR count). The minimum atomic E-state index is 0.264. The zero-order valence-electron chi connectivity index (χ0n) is 10.3. The summed E-state index contributed by atoms with van der Waals surface area (Å²) in [5, 5.41) is 4.64. The number of nitrogens with zero attached hydrogens (tertiary/aromatic N) is 1. The summed E-state index contributed by atoms with van der Waals surface area (Å²) in [5.74, 6) is 0. The number of benzene rings is 1. The third kappa shape index (κ3) is 1.96. The molecular formula is C14H13BrN2OS. The van der Waals surface area contributed by atoms with Gasteiger partial charge in [0.15, 0.2) is 0 Å². The van der Waals surface area contributed by atoms with Crippen LogP contribution >= 0.6 is 27.3 Å². The van der Waals surface area contributed by atoms with Crippen LogP contribution in [-0.2, 0) is 11.2 Å². The van der Waals surface area contributed by atoms with Crippen LogP contribution in [0.25, 0.3) is 11.3 Å². The lowest BCUT2D eigenvalue weighted by Gasteiger charge is -2.21. The van der Waals surface area contributed by atoms with Crippen LogP contribution in [0.2, 0.25) is 0 Å². The largest absolute Gasteiger partial charge is 0.378 e. The van der Waals surface area contributed by atoms with Crippen molar-refractivity contribution in [1.29, 1.82) is 0 Å². The maximum atomic E-state index is 5.52. The van der Waals surface area contributed by atoms with E-state index in [1.54, 1.807) is 0 Å². The summed E-state index contributed by atoms with van der Waals surface area (Å²) in [4.78, 5) is 6.23. The molecule has 1 aromatic heterocycles. The van der Waals surface area contributed by atoms with Crippen LogP contribution in [-0.4, -0.2) is 24.7 Å². The van der Waals surface area contributed by atoms with Gasteiger partial charge in [-0.1, -0.05) is 28.1 Å². The number of morpholine rings is 1. The van der Waals surface area contributed by atoms with E-state index in [1.165, 1.54) is 26.2 Å². The second kappa shape index (κ2) is 4.66. The van der Waals surface area contributed by atoms with E-state index in [-0.39, 0.29) is 6.04 Å². The molecule has 5 heteroatoms. The molecule has 1 aromatic carbocycles. The van der Waals surface area contributed by atoms with Crippen LogP contribution in [0.1, 0.15) is 21.5 Å². The number of halogens is 1. The van der Waals surface area contributed by atoms with Crippen molar-refractivity contribution in [3.8, 4) is 11.3 Å². The first kappa shape index (κ1) is 12.0. The van der Waals surface area contributed by atoms with Gasteiger partial charge in [0.05, 0.1) is 24.9 Å². The van der Waals surface area contributed by atoms with Gasteiger partial charge in [-0.2, -0.15) is 0 Å². The first-order valence-electron chi connectivity index (χ1n) is 6.41. The smallest absolute Gasteiger partial charge is 0.113 e. The molecular weight excluding hydrogens is 324 g/mol. The summed E-state index contributed by atoms with van der Waals surface area (Å²) in [6.45, 7) is 2.45. The van der Waals surface area contributed by atoms with Crippen molar-refractivity contribution in [2.24, 2.45) is 0 Å². The second-order valence-corrected chi connectivity index (χ2v) is 6.82. The summed E-state index contributed by atoms with van der Waals surface area (Å²) in [6.07, 6.45) is 0.997. The number of ether oxygens (including phenoxy) is 1. The van der Waals surface area contributed by atoms with Gasteiger partial charge in [0.2, 0.25) is 0 Å². The maximum Gasteiger partial charge on any atom is 0.113 e. The molecule has 98 valence electrons. The molecule has 0 bridgehead atoms. The Bertz CT molecular complexity index is 634. The molecule has 2 aromatic rings. The standard InChI is InChI=1S/C14H13BrN2OS/c15-10-3-1-2-8-9(10)6-12-13(8)17-14(19-12)11-7-18-5-4-16-11/h1-3,11,16H,4-7H2. The number of fused-ring (bicyclic) bond motifs is 3. The molecule has 1 atom stereocenters. The molecule has 1 saturated heterocycles. The van der Waals surface area contributed by atoms with Gasteiger partial charge in [0.25, 0.3) is 0 Å². The molecule has 3 nitrogen and oxygen atoms in total. The van der Waals surface area contributed by atoms with Crippen molar-refractivity contribution in [3.05, 3.63) is 38.1 Å². The number of hydrogen-bond donors (Lipinski definition) is 1. The minimum Gasteiger partial charge on any atom is -0.378 e. The minimum absolute atomic E-state index is 0.264. The van der Waals surface area contributed by atoms with Gasteiger partial charge in [0, 0.05) is 27.9 Å². The molecule has 1 aliphatic heterocycles. The van der Waals surface area contributed by atoms with E-state index >= 15 is 0 Å². The van der Waals surface area contributed by atoms with Gasteiger partial charge in [-0.25, -0.2) is 4.98 Å². The molecule has 1 aliphatic carbocycles. The first-order valence-corrected chi connectivity index (χ1v) is 8.02. The van der Waals surface area contributed by atoms with Crippen molar-refractivity contribution < 1.29 is 4.74 Å². The normalized spacial score (nSPS) is 21.2. The molecule has 1 fully saturated rings. The predicted octanol–water partition coefficient (Wildman–Crippen LogP) is 3.14. The highest BCUT2D eigenvalue weighted by molar-refractivity contribution is 9.10. The van der Waals surface area contributed by atoms with E-state index in [2.05, 4.69) is 39.4 Å². The van der Waals surface area contributed by atoms with Crippen molar-refractivity contribution >= 4 is 27.3 Å². The quantitative estimate of drug-likeness (QED) is 0.741. The third-order valence-corrected chi connectivity index (χ3v) is 5.56. The fourth-order valence-electron chi connectivity index (χ4n) is 2.69. The van der Waals surface area contributed by atoms with Gasteiger partial charge in [-0.05, 0) is 11.6 Å². The number of rotatable bonds is 1. The second-order valence-electron chi connectivity index (χ2n) is 4.85. The Balaban J connectivity index is 1.73. The molecule has 19 heavy (non-hydrogen) atoms. The van der Waals surface area contributed by atoms with Crippen molar-refractivity contribution in [3.63, 3.8) is 0 Å². The topological polar surface area (TPSA) is 34.1 Å². The van der Waals surface area contributed by atoms with Crippen LogP contribution in [0.15, 0.2) is 22.7 Å². The average Bonchev–Trinajstić information content (AvgIpc) is 2.99. The fraction of sp³-hybridized carbons (Fsp3) is 0.357. The predicted molar refractivity (Wildman–Crippen MR) is 79.6 cm³/mol.